The lowest BCUT2D eigenvalue weighted by atomic mass is 9.64. The molecule has 6 heteroatoms. The van der Waals surface area contributed by atoms with Crippen LogP contribution in [0.15, 0.2) is 48.5 Å². The first-order valence-electron chi connectivity index (χ1n) is 10.4. The Balaban J connectivity index is 1.96. The summed E-state index contributed by atoms with van der Waals surface area (Å²) in [5, 5.41) is 16.2. The van der Waals surface area contributed by atoms with Gasteiger partial charge < -0.3 is 14.6 Å². The maximum absolute atomic E-state index is 12.8. The fourth-order valence-corrected chi connectivity index (χ4v) is 4.98. The van der Waals surface area contributed by atoms with Gasteiger partial charge in [-0.25, -0.2) is 4.68 Å². The molecule has 6 nitrogen and oxygen atoms in total. The lowest BCUT2D eigenvalue weighted by molar-refractivity contribution is -0.130. The van der Waals surface area contributed by atoms with Crippen LogP contribution in [0, 0.1) is 12.8 Å². The van der Waals surface area contributed by atoms with Crippen LogP contribution in [0.3, 0.4) is 0 Å². The average molecular weight is 421 g/mol. The van der Waals surface area contributed by atoms with E-state index in [1.54, 1.807) is 28.1 Å². The first-order valence-corrected chi connectivity index (χ1v) is 10.4. The number of hydrogen-bond donors (Lipinski definition) is 1. The fourth-order valence-electron chi connectivity index (χ4n) is 4.98. The van der Waals surface area contributed by atoms with Gasteiger partial charge in [-0.1, -0.05) is 24.3 Å². The van der Waals surface area contributed by atoms with Crippen molar-refractivity contribution in [2.24, 2.45) is 5.92 Å². The standard InChI is InChI=1S/C25H28N2O4/c1-15-22-19(26-27(15)18-9-7-6-8-10-18)14-25(3,29)24(16(2)28)23(22)17-11-12-20(30-4)21(13-17)31-5/h6-13,23-24,29H,14H2,1-5H3/t23-,24+,25+/m0/s1. The van der Waals surface area contributed by atoms with Gasteiger partial charge in [-0.05, 0) is 50.6 Å². The lowest BCUT2D eigenvalue weighted by Crippen LogP contribution is -2.48. The van der Waals surface area contributed by atoms with Gasteiger partial charge in [-0.15, -0.1) is 0 Å². The highest BCUT2D eigenvalue weighted by Crippen LogP contribution is 2.48. The molecule has 1 aromatic heterocycles. The normalized spacial score (nSPS) is 22.6. The first kappa shape index (κ1) is 21.1. The molecule has 0 saturated heterocycles. The number of aliphatic hydroxyl groups is 1. The highest BCUT2D eigenvalue weighted by molar-refractivity contribution is 5.82. The number of carbonyl (C=O) groups excluding carboxylic acids is 1. The number of fused-ring (bicyclic) bond motifs is 1. The van der Waals surface area contributed by atoms with Crippen molar-refractivity contribution in [3.05, 3.63) is 71.0 Å². The lowest BCUT2D eigenvalue weighted by Gasteiger charge is -2.41. The zero-order valence-electron chi connectivity index (χ0n) is 18.5. The zero-order chi connectivity index (χ0) is 22.3. The van der Waals surface area contributed by atoms with Crippen molar-refractivity contribution in [3.63, 3.8) is 0 Å². The van der Waals surface area contributed by atoms with Crippen molar-refractivity contribution in [3.8, 4) is 17.2 Å². The maximum atomic E-state index is 12.8. The second kappa shape index (κ2) is 7.85. The summed E-state index contributed by atoms with van der Waals surface area (Å²) in [5.74, 6) is 0.188. The summed E-state index contributed by atoms with van der Waals surface area (Å²) >= 11 is 0. The van der Waals surface area contributed by atoms with Crippen LogP contribution < -0.4 is 9.47 Å². The van der Waals surface area contributed by atoms with Crippen molar-refractivity contribution in [1.82, 2.24) is 9.78 Å². The molecule has 0 bridgehead atoms. The van der Waals surface area contributed by atoms with Crippen LogP contribution in [-0.4, -0.2) is 40.5 Å². The molecule has 2 aromatic carbocycles. The Hall–Kier alpha value is -3.12. The number of carbonyl (C=O) groups is 1. The zero-order valence-corrected chi connectivity index (χ0v) is 18.5. The number of Topliss-reactive ketones (excluding diaryl/α,β-unsaturated/α-hetero) is 1. The molecular formula is C25H28N2O4. The summed E-state index contributed by atoms with van der Waals surface area (Å²) in [6, 6.07) is 15.6. The molecule has 1 N–H and O–H groups in total. The van der Waals surface area contributed by atoms with Crippen LogP contribution in [0.2, 0.25) is 0 Å². The van der Waals surface area contributed by atoms with Gasteiger partial charge in [0, 0.05) is 23.6 Å². The number of benzene rings is 2. The van der Waals surface area contributed by atoms with Crippen molar-refractivity contribution in [1.29, 1.82) is 0 Å². The van der Waals surface area contributed by atoms with Crippen LogP contribution in [-0.2, 0) is 11.2 Å². The number of nitrogens with zero attached hydrogens (tertiary/aromatic N) is 2. The minimum atomic E-state index is -1.22. The van der Waals surface area contributed by atoms with E-state index in [1.165, 1.54) is 0 Å². The summed E-state index contributed by atoms with van der Waals surface area (Å²) in [5.41, 5.74) is 3.36. The third kappa shape index (κ3) is 3.51. The predicted octanol–water partition coefficient (Wildman–Crippen LogP) is 3.84. The molecule has 3 aromatic rings. The molecule has 3 atom stereocenters. The van der Waals surface area contributed by atoms with E-state index in [2.05, 4.69) is 0 Å². The fraction of sp³-hybridized carbons (Fsp3) is 0.360. The summed E-state index contributed by atoms with van der Waals surface area (Å²) in [6.45, 7) is 5.30. The Kier molecular flexibility index (Phi) is 5.35. The maximum Gasteiger partial charge on any atom is 0.161 e. The number of methoxy groups -OCH3 is 2. The predicted molar refractivity (Wildman–Crippen MR) is 118 cm³/mol. The van der Waals surface area contributed by atoms with Crippen LogP contribution in [0.5, 0.6) is 11.5 Å². The van der Waals surface area contributed by atoms with Gasteiger partial charge in [0.25, 0.3) is 0 Å². The third-order valence-corrected chi connectivity index (χ3v) is 6.28. The molecule has 1 heterocycles. The molecule has 0 spiro atoms. The van der Waals surface area contributed by atoms with E-state index in [4.69, 9.17) is 14.6 Å². The summed E-state index contributed by atoms with van der Waals surface area (Å²) in [6.07, 6.45) is 0.317. The molecule has 162 valence electrons. The number of rotatable bonds is 5. The largest absolute Gasteiger partial charge is 0.493 e. The van der Waals surface area contributed by atoms with E-state index in [0.717, 1.165) is 28.2 Å². The SMILES string of the molecule is COc1ccc([C@H]2c3c(nn(-c4ccccc4)c3C)C[C@@](C)(O)[C@@H]2C(C)=O)cc1OC. The second-order valence-electron chi connectivity index (χ2n) is 8.41. The van der Waals surface area contributed by atoms with Crippen LogP contribution in [0.1, 0.15) is 42.3 Å². The van der Waals surface area contributed by atoms with Crippen LogP contribution >= 0.6 is 0 Å². The van der Waals surface area contributed by atoms with E-state index >= 15 is 0 Å². The van der Waals surface area contributed by atoms with Gasteiger partial charge in [0.1, 0.15) is 5.78 Å². The Morgan fingerprint density at radius 1 is 1.13 bits per heavy atom. The van der Waals surface area contributed by atoms with Crippen molar-refractivity contribution in [2.75, 3.05) is 14.2 Å². The Morgan fingerprint density at radius 2 is 1.81 bits per heavy atom. The summed E-state index contributed by atoms with van der Waals surface area (Å²) in [7, 11) is 3.18. The third-order valence-electron chi connectivity index (χ3n) is 6.28. The van der Waals surface area contributed by atoms with Crippen LogP contribution in [0.25, 0.3) is 5.69 Å². The Bertz CT molecular complexity index is 1120. The van der Waals surface area contributed by atoms with E-state index in [1.807, 2.05) is 60.1 Å². The monoisotopic (exact) mass is 420 g/mol. The minimum Gasteiger partial charge on any atom is -0.493 e. The number of aromatic nitrogens is 2. The number of para-hydroxylation sites is 1. The molecule has 0 fully saturated rings. The van der Waals surface area contributed by atoms with Gasteiger partial charge in [-0.2, -0.15) is 5.10 Å². The molecule has 4 rings (SSSR count). The van der Waals surface area contributed by atoms with Crippen molar-refractivity contribution >= 4 is 5.78 Å². The van der Waals surface area contributed by atoms with Gasteiger partial charge in [0.05, 0.1) is 37.1 Å². The van der Waals surface area contributed by atoms with Gasteiger partial charge in [0.15, 0.2) is 11.5 Å². The van der Waals surface area contributed by atoms with Crippen molar-refractivity contribution in [2.45, 2.75) is 38.7 Å². The number of ketones is 1. The highest BCUT2D eigenvalue weighted by atomic mass is 16.5. The molecule has 31 heavy (non-hydrogen) atoms. The molecule has 0 amide bonds. The first-order chi connectivity index (χ1) is 14.8. The van der Waals surface area contributed by atoms with Crippen LogP contribution in [0.4, 0.5) is 0 Å². The molecule has 0 unspecified atom stereocenters. The second-order valence-corrected chi connectivity index (χ2v) is 8.41. The van der Waals surface area contributed by atoms with E-state index in [-0.39, 0.29) is 11.7 Å². The van der Waals surface area contributed by atoms with Crippen molar-refractivity contribution < 1.29 is 19.4 Å². The Morgan fingerprint density at radius 3 is 2.42 bits per heavy atom. The molecule has 0 aliphatic heterocycles. The smallest absolute Gasteiger partial charge is 0.161 e. The van der Waals surface area contributed by atoms with Gasteiger partial charge >= 0.3 is 0 Å². The van der Waals surface area contributed by atoms with E-state index in [0.29, 0.717) is 17.9 Å². The average Bonchev–Trinajstić information content (AvgIpc) is 3.07. The molecule has 1 aliphatic rings. The topological polar surface area (TPSA) is 73.6 Å². The quantitative estimate of drug-likeness (QED) is 0.679. The number of hydrogen-bond acceptors (Lipinski definition) is 5. The molecule has 0 radical (unpaired) electrons. The van der Waals surface area contributed by atoms with E-state index in [9.17, 15) is 9.90 Å². The Labute approximate surface area is 182 Å². The molecule has 1 aliphatic carbocycles. The van der Waals surface area contributed by atoms with Gasteiger partial charge in [-0.3, -0.25) is 4.79 Å². The highest BCUT2D eigenvalue weighted by Gasteiger charge is 2.49. The number of ether oxygens (including phenoxy) is 2. The van der Waals surface area contributed by atoms with E-state index < -0.39 is 11.5 Å². The van der Waals surface area contributed by atoms with Gasteiger partial charge in [0.2, 0.25) is 0 Å². The molecular weight excluding hydrogens is 392 g/mol. The summed E-state index contributed by atoms with van der Waals surface area (Å²) in [4.78, 5) is 12.8. The molecule has 0 saturated carbocycles. The minimum absolute atomic E-state index is 0.0534. The summed E-state index contributed by atoms with van der Waals surface area (Å²) < 4.78 is 12.8.